The Labute approximate surface area is 138 Å². The van der Waals surface area contributed by atoms with Crippen molar-refractivity contribution < 1.29 is 19.1 Å². The molecule has 0 bridgehead atoms. The van der Waals surface area contributed by atoms with Crippen LogP contribution in [-0.4, -0.2) is 44.2 Å². The second-order valence-corrected chi connectivity index (χ2v) is 6.30. The molecule has 0 aliphatic carbocycles. The average molecular weight is 331 g/mol. The number of aromatic amines is 1. The van der Waals surface area contributed by atoms with E-state index in [1.165, 1.54) is 12.1 Å². The van der Waals surface area contributed by atoms with Gasteiger partial charge in [-0.25, -0.2) is 9.18 Å². The van der Waals surface area contributed by atoms with Crippen LogP contribution >= 0.6 is 0 Å². The van der Waals surface area contributed by atoms with Crippen LogP contribution in [0, 0.1) is 5.82 Å². The third-order valence-corrected chi connectivity index (χ3v) is 4.55. The number of rotatable bonds is 4. The van der Waals surface area contributed by atoms with Crippen LogP contribution in [0.25, 0.3) is 0 Å². The quantitative estimate of drug-likeness (QED) is 0.901. The molecular formula is C17H18FN3O3. The van der Waals surface area contributed by atoms with Crippen LogP contribution in [0.3, 0.4) is 0 Å². The Hall–Kier alpha value is -2.70. The summed E-state index contributed by atoms with van der Waals surface area (Å²) in [5, 5.41) is 15.1. The number of carboxylic acid groups (broad SMARTS) is 1. The summed E-state index contributed by atoms with van der Waals surface area (Å²) in [4.78, 5) is 25.3. The first-order chi connectivity index (χ1) is 11.4. The number of aromatic nitrogens is 2. The van der Waals surface area contributed by atoms with Crippen LogP contribution in [-0.2, 0) is 6.42 Å². The first-order valence-electron chi connectivity index (χ1n) is 7.75. The molecule has 7 heteroatoms. The van der Waals surface area contributed by atoms with E-state index in [1.807, 2.05) is 6.92 Å². The van der Waals surface area contributed by atoms with E-state index in [4.69, 9.17) is 5.11 Å². The number of halogens is 1. The van der Waals surface area contributed by atoms with Crippen LogP contribution in [0.5, 0.6) is 0 Å². The van der Waals surface area contributed by atoms with Gasteiger partial charge in [-0.15, -0.1) is 0 Å². The third-order valence-electron chi connectivity index (χ3n) is 4.55. The first-order valence-corrected chi connectivity index (χ1v) is 7.75. The molecule has 1 aromatic heterocycles. The van der Waals surface area contributed by atoms with Gasteiger partial charge in [0, 0.05) is 18.2 Å². The molecule has 126 valence electrons. The summed E-state index contributed by atoms with van der Waals surface area (Å²) < 4.78 is 14.0. The van der Waals surface area contributed by atoms with Gasteiger partial charge in [0.1, 0.15) is 11.5 Å². The number of aromatic carboxylic acids is 1. The second kappa shape index (κ2) is 6.07. The highest BCUT2D eigenvalue weighted by atomic mass is 19.1. The zero-order valence-corrected chi connectivity index (χ0v) is 13.3. The molecule has 1 amide bonds. The van der Waals surface area contributed by atoms with Crippen LogP contribution in [0.15, 0.2) is 30.3 Å². The van der Waals surface area contributed by atoms with E-state index in [9.17, 15) is 14.0 Å². The number of hydrogen-bond acceptors (Lipinski definition) is 3. The molecule has 3 rings (SSSR count). The minimum absolute atomic E-state index is 0.0639. The molecule has 1 aliphatic heterocycles. The molecule has 0 saturated carbocycles. The summed E-state index contributed by atoms with van der Waals surface area (Å²) in [7, 11) is 0. The van der Waals surface area contributed by atoms with Crippen molar-refractivity contribution in [3.05, 3.63) is 53.1 Å². The second-order valence-electron chi connectivity index (χ2n) is 6.30. The van der Waals surface area contributed by atoms with Gasteiger partial charge in [-0.3, -0.25) is 9.89 Å². The molecule has 1 unspecified atom stereocenters. The molecule has 1 fully saturated rings. The zero-order valence-electron chi connectivity index (χ0n) is 13.3. The Balaban J connectivity index is 1.84. The molecule has 1 saturated heterocycles. The van der Waals surface area contributed by atoms with Gasteiger partial charge in [-0.05, 0) is 37.8 Å². The summed E-state index contributed by atoms with van der Waals surface area (Å²) in [6, 6.07) is 7.77. The van der Waals surface area contributed by atoms with Gasteiger partial charge in [0.15, 0.2) is 5.69 Å². The number of benzene rings is 1. The van der Waals surface area contributed by atoms with Crippen molar-refractivity contribution >= 4 is 11.9 Å². The van der Waals surface area contributed by atoms with Gasteiger partial charge in [0.25, 0.3) is 5.91 Å². The first kappa shape index (κ1) is 16.2. The van der Waals surface area contributed by atoms with Gasteiger partial charge in [-0.2, -0.15) is 5.10 Å². The molecule has 2 heterocycles. The highest BCUT2D eigenvalue weighted by molar-refractivity contribution is 5.95. The maximum atomic E-state index is 14.0. The molecule has 24 heavy (non-hydrogen) atoms. The van der Waals surface area contributed by atoms with Crippen molar-refractivity contribution in [3.63, 3.8) is 0 Å². The molecule has 2 N–H and O–H groups in total. The Kier molecular flexibility index (Phi) is 4.09. The minimum Gasteiger partial charge on any atom is -0.477 e. The largest absolute Gasteiger partial charge is 0.477 e. The van der Waals surface area contributed by atoms with Gasteiger partial charge in [0.2, 0.25) is 0 Å². The van der Waals surface area contributed by atoms with E-state index >= 15 is 0 Å². The van der Waals surface area contributed by atoms with E-state index < -0.39 is 11.5 Å². The van der Waals surface area contributed by atoms with Crippen LogP contribution in [0.4, 0.5) is 4.39 Å². The number of nitrogens with one attached hydrogen (secondary N) is 1. The van der Waals surface area contributed by atoms with Crippen molar-refractivity contribution in [2.45, 2.75) is 31.7 Å². The van der Waals surface area contributed by atoms with Crippen molar-refractivity contribution in [1.29, 1.82) is 0 Å². The van der Waals surface area contributed by atoms with E-state index in [0.29, 0.717) is 18.5 Å². The van der Waals surface area contributed by atoms with Crippen LogP contribution < -0.4 is 0 Å². The fourth-order valence-corrected chi connectivity index (χ4v) is 3.28. The predicted octanol–water partition coefficient (Wildman–Crippen LogP) is 2.48. The fraction of sp³-hybridized carbons (Fsp3) is 0.353. The summed E-state index contributed by atoms with van der Waals surface area (Å²) in [6.45, 7) is 2.47. The van der Waals surface area contributed by atoms with Crippen molar-refractivity contribution in [2.75, 3.05) is 6.54 Å². The zero-order chi connectivity index (χ0) is 17.3. The van der Waals surface area contributed by atoms with Gasteiger partial charge < -0.3 is 10.0 Å². The van der Waals surface area contributed by atoms with E-state index in [-0.39, 0.29) is 23.1 Å². The third kappa shape index (κ3) is 2.89. The highest BCUT2D eigenvalue weighted by Gasteiger charge is 2.41. The van der Waals surface area contributed by atoms with Crippen LogP contribution in [0.2, 0.25) is 0 Å². The molecule has 0 radical (unpaired) electrons. The predicted molar refractivity (Wildman–Crippen MR) is 84.3 cm³/mol. The number of amides is 1. The number of carbonyl (C=O) groups excluding carboxylic acids is 1. The summed E-state index contributed by atoms with van der Waals surface area (Å²) >= 11 is 0. The lowest BCUT2D eigenvalue weighted by Gasteiger charge is -2.35. The number of carbonyl (C=O) groups is 2. The Bertz CT molecular complexity index is 789. The molecular weight excluding hydrogens is 313 g/mol. The van der Waals surface area contributed by atoms with Crippen molar-refractivity contribution in [3.8, 4) is 0 Å². The Morgan fingerprint density at radius 2 is 2.17 bits per heavy atom. The summed E-state index contributed by atoms with van der Waals surface area (Å²) in [6.07, 6.45) is 1.97. The van der Waals surface area contributed by atoms with E-state index in [1.54, 1.807) is 23.1 Å². The monoisotopic (exact) mass is 331 g/mol. The average Bonchev–Trinajstić information content (AvgIpc) is 3.16. The van der Waals surface area contributed by atoms with Crippen molar-refractivity contribution in [1.82, 2.24) is 15.1 Å². The summed E-state index contributed by atoms with van der Waals surface area (Å²) in [5.74, 6) is -1.79. The smallest absolute Gasteiger partial charge is 0.353 e. The van der Waals surface area contributed by atoms with Gasteiger partial charge >= 0.3 is 5.97 Å². The topological polar surface area (TPSA) is 86.3 Å². The molecule has 1 atom stereocenters. The number of hydrogen-bond donors (Lipinski definition) is 2. The molecule has 1 aliphatic rings. The van der Waals surface area contributed by atoms with Crippen molar-refractivity contribution in [2.24, 2.45) is 0 Å². The van der Waals surface area contributed by atoms with Gasteiger partial charge in [-0.1, -0.05) is 18.2 Å². The standard InChI is InChI=1S/C17H18FN3O3/c1-17(10-11-5-2-3-6-12(11)18)7-4-8-21(17)15(22)13-9-14(16(23)24)20-19-13/h2-3,5-6,9H,4,7-8,10H2,1H3,(H,19,20)(H,23,24). The Morgan fingerprint density at radius 1 is 1.42 bits per heavy atom. The lowest BCUT2D eigenvalue weighted by molar-refractivity contribution is 0.0616. The van der Waals surface area contributed by atoms with Gasteiger partial charge in [0.05, 0.1) is 0 Å². The summed E-state index contributed by atoms with van der Waals surface area (Å²) in [5.41, 5.74) is -0.0305. The molecule has 6 nitrogen and oxygen atoms in total. The fourth-order valence-electron chi connectivity index (χ4n) is 3.28. The molecule has 1 aromatic carbocycles. The lowest BCUT2D eigenvalue weighted by atomic mass is 9.89. The number of carboxylic acids is 1. The maximum Gasteiger partial charge on any atom is 0.353 e. The minimum atomic E-state index is -1.17. The number of nitrogens with zero attached hydrogens (tertiary/aromatic N) is 2. The normalized spacial score (nSPS) is 20.3. The highest BCUT2D eigenvalue weighted by Crippen LogP contribution is 2.34. The Morgan fingerprint density at radius 3 is 2.83 bits per heavy atom. The lowest BCUT2D eigenvalue weighted by Crippen LogP contribution is -2.46. The molecule has 0 spiro atoms. The van der Waals surface area contributed by atoms with E-state index in [2.05, 4.69) is 10.2 Å². The van der Waals surface area contributed by atoms with Crippen LogP contribution in [0.1, 0.15) is 46.3 Å². The molecule has 2 aromatic rings. The number of H-pyrrole nitrogens is 1. The maximum absolute atomic E-state index is 14.0. The van der Waals surface area contributed by atoms with E-state index in [0.717, 1.165) is 12.8 Å². The number of likely N-dealkylation sites (tertiary alicyclic amines) is 1. The SMILES string of the molecule is CC1(Cc2ccccc2F)CCCN1C(=O)c1cc(C(=O)O)[nH]n1.